The molecular weight excluding hydrogens is 384 g/mol. The van der Waals surface area contributed by atoms with Crippen molar-refractivity contribution >= 4 is 0 Å². The lowest BCUT2D eigenvalue weighted by atomic mass is 9.69. The first-order valence-corrected chi connectivity index (χ1v) is 9.14. The van der Waals surface area contributed by atoms with Gasteiger partial charge in [-0.1, -0.05) is 12.1 Å². The number of allylic oxidation sites excluding steroid dienone is 2. The molecule has 30 heavy (non-hydrogen) atoms. The average Bonchev–Trinajstić information content (AvgIpc) is 3.48. The van der Waals surface area contributed by atoms with Crippen LogP contribution in [0.5, 0.6) is 23.0 Å². The van der Waals surface area contributed by atoms with Crippen LogP contribution < -0.4 is 24.7 Å². The van der Waals surface area contributed by atoms with Crippen LogP contribution in [0.3, 0.4) is 0 Å². The van der Waals surface area contributed by atoms with Crippen molar-refractivity contribution in [2.24, 2.45) is 11.1 Å². The van der Waals surface area contributed by atoms with Gasteiger partial charge in [-0.25, -0.2) is 0 Å². The molecule has 2 aromatic rings. The molecule has 2 atom stereocenters. The Kier molecular flexibility index (Phi) is 3.74. The number of ether oxygens (including phenoxy) is 4. The summed E-state index contributed by atoms with van der Waals surface area (Å²) in [5, 5.41) is 30.0. The molecule has 0 saturated heterocycles. The van der Waals surface area contributed by atoms with Crippen molar-refractivity contribution in [1.82, 2.24) is 0 Å². The summed E-state index contributed by atoms with van der Waals surface area (Å²) in [5.74, 6) is 0.891. The van der Waals surface area contributed by atoms with Crippen molar-refractivity contribution in [3.63, 3.8) is 0 Å². The van der Waals surface area contributed by atoms with E-state index in [4.69, 9.17) is 24.7 Å². The zero-order valence-electron chi connectivity index (χ0n) is 15.6. The second kappa shape index (κ2) is 6.34. The van der Waals surface area contributed by atoms with Crippen molar-refractivity contribution < 1.29 is 18.9 Å². The molecule has 8 nitrogen and oxygen atoms in total. The van der Waals surface area contributed by atoms with E-state index >= 15 is 0 Å². The summed E-state index contributed by atoms with van der Waals surface area (Å²) in [6.45, 7) is 0.207. The minimum Gasteiger partial charge on any atom is -0.454 e. The van der Waals surface area contributed by atoms with Crippen LogP contribution in [0.4, 0.5) is 0 Å². The third kappa shape index (κ3) is 2.24. The maximum Gasteiger partial charge on any atom is 0.231 e. The van der Waals surface area contributed by atoms with Gasteiger partial charge in [0.1, 0.15) is 0 Å². The zero-order chi connectivity index (χ0) is 20.9. The molecule has 2 aliphatic heterocycles. The lowest BCUT2D eigenvalue weighted by Gasteiger charge is -2.28. The highest BCUT2D eigenvalue weighted by atomic mass is 16.7. The van der Waals surface area contributed by atoms with Gasteiger partial charge in [0.2, 0.25) is 13.6 Å². The van der Waals surface area contributed by atoms with Crippen LogP contribution in [0.1, 0.15) is 23.0 Å². The molecule has 0 fully saturated rings. The molecule has 2 N–H and O–H groups in total. The van der Waals surface area contributed by atoms with Gasteiger partial charge >= 0.3 is 0 Å². The van der Waals surface area contributed by atoms with Gasteiger partial charge in [0, 0.05) is 11.8 Å². The van der Waals surface area contributed by atoms with Crippen molar-refractivity contribution in [2.75, 3.05) is 13.6 Å². The molecule has 0 radical (unpaired) electrons. The van der Waals surface area contributed by atoms with Gasteiger partial charge in [-0.15, -0.1) is 0 Å². The fourth-order valence-electron chi connectivity index (χ4n) is 4.39. The zero-order valence-corrected chi connectivity index (χ0v) is 15.6. The van der Waals surface area contributed by atoms with E-state index in [-0.39, 0.29) is 24.9 Å². The highest BCUT2D eigenvalue weighted by molar-refractivity contribution is 5.61. The van der Waals surface area contributed by atoms with E-state index in [0.717, 1.165) is 0 Å². The molecule has 3 aliphatic rings. The smallest absolute Gasteiger partial charge is 0.231 e. The summed E-state index contributed by atoms with van der Waals surface area (Å²) < 4.78 is 21.7. The summed E-state index contributed by atoms with van der Waals surface area (Å²) in [4.78, 5) is 0. The molecule has 0 unspecified atom stereocenters. The largest absolute Gasteiger partial charge is 0.454 e. The van der Waals surface area contributed by atoms with E-state index in [2.05, 4.69) is 18.2 Å². The topological polar surface area (TPSA) is 134 Å². The second-order valence-electron chi connectivity index (χ2n) is 7.15. The van der Waals surface area contributed by atoms with Crippen molar-refractivity contribution in [1.29, 1.82) is 15.8 Å². The number of nitrogens with two attached hydrogens (primary N) is 1. The molecule has 0 spiro atoms. The molecular formula is C22H14N4O4. The van der Waals surface area contributed by atoms with E-state index in [1.54, 1.807) is 36.4 Å². The van der Waals surface area contributed by atoms with Crippen LogP contribution in [0.2, 0.25) is 0 Å². The van der Waals surface area contributed by atoms with E-state index < -0.39 is 17.3 Å². The number of fused-ring (bicyclic) bond motifs is 2. The number of hydrogen-bond donors (Lipinski definition) is 1. The standard InChI is InChI=1S/C22H14N4O4/c23-7-14-19(12-1-3-15-17(5-12)29-10-27-15)20(22(8-24,9-25)21(14)26)13-2-4-16-18(6-13)30-11-28-16/h1-6,19-20H,10-11,26H2/t19-,20+/m0/s1. The normalized spacial score (nSPS) is 22.3. The van der Waals surface area contributed by atoms with Crippen LogP contribution in [-0.4, -0.2) is 13.6 Å². The maximum atomic E-state index is 10.0. The quantitative estimate of drug-likeness (QED) is 0.816. The molecule has 0 aromatic heterocycles. The molecule has 8 heteroatoms. The number of hydrogen-bond acceptors (Lipinski definition) is 8. The molecule has 5 rings (SSSR count). The first-order chi connectivity index (χ1) is 14.6. The minimum atomic E-state index is -1.71. The summed E-state index contributed by atoms with van der Waals surface area (Å²) >= 11 is 0. The molecule has 2 heterocycles. The highest BCUT2D eigenvalue weighted by Crippen LogP contribution is 2.59. The predicted molar refractivity (Wildman–Crippen MR) is 101 cm³/mol. The summed E-state index contributed by atoms with van der Waals surface area (Å²) in [6.07, 6.45) is 0. The van der Waals surface area contributed by atoms with Gasteiger partial charge in [0.25, 0.3) is 0 Å². The highest BCUT2D eigenvalue weighted by Gasteiger charge is 2.56. The Morgan fingerprint density at radius 2 is 1.33 bits per heavy atom. The minimum absolute atomic E-state index is 0.0275. The van der Waals surface area contributed by atoms with Crippen LogP contribution in [0.15, 0.2) is 47.7 Å². The van der Waals surface area contributed by atoms with E-state index in [0.29, 0.717) is 34.1 Å². The Bertz CT molecular complexity index is 1220. The number of rotatable bonds is 2. The van der Waals surface area contributed by atoms with Crippen LogP contribution in [0, 0.1) is 39.4 Å². The Balaban J connectivity index is 1.73. The van der Waals surface area contributed by atoms with Gasteiger partial charge < -0.3 is 24.7 Å². The third-order valence-corrected chi connectivity index (χ3v) is 5.81. The van der Waals surface area contributed by atoms with Crippen LogP contribution in [-0.2, 0) is 0 Å². The maximum absolute atomic E-state index is 10.0. The van der Waals surface area contributed by atoms with Crippen molar-refractivity contribution in [3.8, 4) is 41.2 Å². The monoisotopic (exact) mass is 398 g/mol. The van der Waals surface area contributed by atoms with Gasteiger partial charge in [-0.2, -0.15) is 15.8 Å². The van der Waals surface area contributed by atoms with Gasteiger partial charge in [0.05, 0.1) is 29.5 Å². The summed E-state index contributed by atoms with van der Waals surface area (Å²) in [7, 11) is 0. The van der Waals surface area contributed by atoms with Gasteiger partial charge in [-0.05, 0) is 35.4 Å². The predicted octanol–water partition coefficient (Wildman–Crippen LogP) is 2.79. The molecule has 146 valence electrons. The Hall–Kier alpha value is -4.35. The van der Waals surface area contributed by atoms with Crippen molar-refractivity contribution in [2.45, 2.75) is 11.8 Å². The average molecular weight is 398 g/mol. The van der Waals surface area contributed by atoms with Crippen LogP contribution in [0.25, 0.3) is 0 Å². The van der Waals surface area contributed by atoms with E-state index in [9.17, 15) is 15.8 Å². The van der Waals surface area contributed by atoms with Gasteiger partial charge in [-0.3, -0.25) is 0 Å². The fraction of sp³-hybridized carbons (Fsp3) is 0.227. The first-order valence-electron chi connectivity index (χ1n) is 9.14. The second-order valence-corrected chi connectivity index (χ2v) is 7.15. The van der Waals surface area contributed by atoms with Crippen molar-refractivity contribution in [3.05, 3.63) is 58.8 Å². The number of benzene rings is 2. The van der Waals surface area contributed by atoms with E-state index in [1.807, 2.05) is 0 Å². The Morgan fingerprint density at radius 3 is 1.90 bits per heavy atom. The van der Waals surface area contributed by atoms with Crippen LogP contribution >= 0.6 is 0 Å². The molecule has 0 bridgehead atoms. The number of nitriles is 3. The molecule has 1 aliphatic carbocycles. The fourth-order valence-corrected chi connectivity index (χ4v) is 4.39. The van der Waals surface area contributed by atoms with E-state index in [1.165, 1.54) is 0 Å². The molecule has 0 amide bonds. The number of nitrogens with zero attached hydrogens (tertiary/aromatic N) is 3. The Labute approximate surface area is 171 Å². The first kappa shape index (κ1) is 17.7. The Morgan fingerprint density at radius 1 is 0.800 bits per heavy atom. The third-order valence-electron chi connectivity index (χ3n) is 5.81. The lowest BCUT2D eigenvalue weighted by molar-refractivity contribution is 0.173. The molecule has 0 saturated carbocycles. The molecule has 2 aromatic carbocycles. The summed E-state index contributed by atoms with van der Waals surface area (Å²) in [6, 6.07) is 16.9. The van der Waals surface area contributed by atoms with Gasteiger partial charge in [0.15, 0.2) is 28.4 Å². The summed E-state index contributed by atoms with van der Waals surface area (Å²) in [5.41, 5.74) is 6.08. The SMILES string of the molecule is N#CC1=C(N)C(C#N)(C#N)[C@H](c2ccc3c(c2)OCO3)[C@H]1c1ccc2c(c1)OCO2. The lowest BCUT2D eigenvalue weighted by Crippen LogP contribution is -2.29.